The number of unbranched alkanes of at least 4 members (excludes halogenated alkanes) is 9. The van der Waals surface area contributed by atoms with Crippen molar-refractivity contribution in [2.45, 2.75) is 97.3 Å². The van der Waals surface area contributed by atoms with Gasteiger partial charge in [0.1, 0.15) is 0 Å². The van der Waals surface area contributed by atoms with E-state index in [1.165, 1.54) is 64.2 Å². The first-order valence-electron chi connectivity index (χ1n) is 9.06. The normalized spacial score (nSPS) is 13.4. The Morgan fingerprint density at radius 2 is 1.27 bits per heavy atom. The molecule has 0 aliphatic rings. The second kappa shape index (κ2) is 14.5. The largest absolute Gasteiger partial charge is 0.726 e. The smallest absolute Gasteiger partial charge is 0.217 e. The Kier molecular flexibility index (Phi) is 14.4. The van der Waals surface area contributed by atoms with Gasteiger partial charge in [-0.15, -0.1) is 0 Å². The van der Waals surface area contributed by atoms with Crippen molar-refractivity contribution in [3.8, 4) is 0 Å². The summed E-state index contributed by atoms with van der Waals surface area (Å²) in [5.41, 5.74) is 0. The van der Waals surface area contributed by atoms with E-state index in [0.29, 0.717) is 6.42 Å². The lowest BCUT2D eigenvalue weighted by atomic mass is 9.96. The molecule has 0 N–H and O–H groups in total. The van der Waals surface area contributed by atoms with Gasteiger partial charge in [-0.05, 0) is 12.3 Å². The summed E-state index contributed by atoms with van der Waals surface area (Å²) in [6.07, 6.45) is 15.9. The van der Waals surface area contributed by atoms with Crippen LogP contribution in [0, 0.1) is 5.92 Å². The monoisotopic (exact) mass is 335 g/mol. The molecular formula is C17H35O4S-. The van der Waals surface area contributed by atoms with Gasteiger partial charge in [-0.2, -0.15) is 0 Å². The lowest BCUT2D eigenvalue weighted by Crippen LogP contribution is -2.05. The molecule has 0 aliphatic heterocycles. The Morgan fingerprint density at radius 3 is 1.77 bits per heavy atom. The second-order valence-corrected chi connectivity index (χ2v) is 7.50. The van der Waals surface area contributed by atoms with Gasteiger partial charge < -0.3 is 4.55 Å². The van der Waals surface area contributed by atoms with Crippen molar-refractivity contribution in [2.24, 2.45) is 5.92 Å². The van der Waals surface area contributed by atoms with E-state index in [2.05, 4.69) is 18.0 Å². The van der Waals surface area contributed by atoms with Crippen LogP contribution in [0.2, 0.25) is 0 Å². The maximum absolute atomic E-state index is 10.2. The quantitative estimate of drug-likeness (QED) is 0.221. The van der Waals surface area contributed by atoms with Crippen molar-refractivity contribution < 1.29 is 17.2 Å². The van der Waals surface area contributed by atoms with Gasteiger partial charge in [-0.25, -0.2) is 8.42 Å². The fraction of sp³-hybridized carbons (Fsp3) is 1.00. The van der Waals surface area contributed by atoms with Crippen LogP contribution in [0.4, 0.5) is 0 Å². The van der Waals surface area contributed by atoms with Crippen molar-refractivity contribution in [1.29, 1.82) is 0 Å². The van der Waals surface area contributed by atoms with E-state index in [1.54, 1.807) is 0 Å². The van der Waals surface area contributed by atoms with Gasteiger partial charge in [0.25, 0.3) is 0 Å². The zero-order valence-electron chi connectivity index (χ0n) is 14.5. The third-order valence-electron chi connectivity index (χ3n) is 4.12. The minimum absolute atomic E-state index is 0.0291. The molecule has 0 amide bonds. The molecule has 0 spiro atoms. The van der Waals surface area contributed by atoms with E-state index >= 15 is 0 Å². The number of hydrogen-bond donors (Lipinski definition) is 0. The van der Waals surface area contributed by atoms with Crippen molar-refractivity contribution in [2.75, 3.05) is 6.61 Å². The predicted octanol–water partition coefficient (Wildman–Crippen LogP) is 5.19. The predicted molar refractivity (Wildman–Crippen MR) is 90.5 cm³/mol. The zero-order valence-corrected chi connectivity index (χ0v) is 15.3. The molecule has 134 valence electrons. The van der Waals surface area contributed by atoms with Gasteiger partial charge in [0.15, 0.2) is 0 Å². The molecule has 0 aromatic heterocycles. The fourth-order valence-corrected chi connectivity index (χ4v) is 3.03. The first kappa shape index (κ1) is 21.9. The maximum atomic E-state index is 10.2. The van der Waals surface area contributed by atoms with Gasteiger partial charge in [0, 0.05) is 0 Å². The Hall–Kier alpha value is -0.130. The van der Waals surface area contributed by atoms with Crippen molar-refractivity contribution in [3.05, 3.63) is 0 Å². The van der Waals surface area contributed by atoms with Crippen LogP contribution in [0.1, 0.15) is 97.3 Å². The highest BCUT2D eigenvalue weighted by Crippen LogP contribution is 2.18. The minimum Gasteiger partial charge on any atom is -0.726 e. The molecule has 0 bridgehead atoms. The molecule has 22 heavy (non-hydrogen) atoms. The molecule has 0 aromatic rings. The summed E-state index contributed by atoms with van der Waals surface area (Å²) in [7, 11) is -4.50. The van der Waals surface area contributed by atoms with Crippen LogP contribution in [-0.4, -0.2) is 19.6 Å². The van der Waals surface area contributed by atoms with E-state index in [0.717, 1.165) is 18.8 Å². The molecule has 0 saturated heterocycles. The van der Waals surface area contributed by atoms with Crippen LogP contribution in [0.3, 0.4) is 0 Å². The zero-order chi connectivity index (χ0) is 16.7. The van der Waals surface area contributed by atoms with E-state index in [4.69, 9.17) is 0 Å². The molecule has 5 heteroatoms. The van der Waals surface area contributed by atoms with Crippen molar-refractivity contribution in [3.63, 3.8) is 0 Å². The van der Waals surface area contributed by atoms with Gasteiger partial charge in [0.2, 0.25) is 10.4 Å². The van der Waals surface area contributed by atoms with Crippen LogP contribution in [0.25, 0.3) is 0 Å². The topological polar surface area (TPSA) is 66.4 Å². The Morgan fingerprint density at radius 1 is 0.818 bits per heavy atom. The molecule has 0 heterocycles. The summed E-state index contributed by atoms with van der Waals surface area (Å²) in [6.45, 7) is 4.65. The molecule has 1 unspecified atom stereocenters. The summed E-state index contributed by atoms with van der Waals surface area (Å²) in [4.78, 5) is 0. The van der Waals surface area contributed by atoms with Crippen LogP contribution in [0.15, 0.2) is 0 Å². The molecule has 0 rings (SSSR count). The molecule has 0 aliphatic carbocycles. The number of rotatable bonds is 16. The minimum atomic E-state index is -4.50. The van der Waals surface area contributed by atoms with E-state index in [1.807, 2.05) is 0 Å². The van der Waals surface area contributed by atoms with Gasteiger partial charge >= 0.3 is 0 Å². The van der Waals surface area contributed by atoms with Gasteiger partial charge in [-0.1, -0.05) is 90.9 Å². The van der Waals surface area contributed by atoms with Crippen molar-refractivity contribution in [1.82, 2.24) is 0 Å². The average Bonchev–Trinajstić information content (AvgIpc) is 2.44. The highest BCUT2D eigenvalue weighted by Gasteiger charge is 2.02. The summed E-state index contributed by atoms with van der Waals surface area (Å²) in [6, 6.07) is 0. The van der Waals surface area contributed by atoms with Gasteiger partial charge in [-0.3, -0.25) is 4.18 Å². The third kappa shape index (κ3) is 17.9. The molecule has 0 aromatic carbocycles. The summed E-state index contributed by atoms with van der Waals surface area (Å²) < 4.78 is 34.8. The third-order valence-corrected chi connectivity index (χ3v) is 4.57. The summed E-state index contributed by atoms with van der Waals surface area (Å²) in [5, 5.41) is 0. The SMILES string of the molecule is CCCCCCC(C)CCCCCCCCCOS(=O)(=O)[O-]. The maximum Gasteiger partial charge on any atom is 0.217 e. The molecule has 0 saturated carbocycles. The highest BCUT2D eigenvalue weighted by molar-refractivity contribution is 7.80. The standard InChI is InChI=1S/C17H36O4S/c1-3-4-5-11-14-17(2)15-12-9-7-6-8-10-13-16-21-22(18,19)20/h17H,3-16H2,1-2H3,(H,18,19,20)/p-1. The average molecular weight is 336 g/mol. The Bertz CT molecular complexity index is 328. The summed E-state index contributed by atoms with van der Waals surface area (Å²) in [5.74, 6) is 0.864. The van der Waals surface area contributed by atoms with E-state index in [9.17, 15) is 13.0 Å². The van der Waals surface area contributed by atoms with Crippen LogP contribution in [0.5, 0.6) is 0 Å². The molecule has 4 nitrogen and oxygen atoms in total. The fourth-order valence-electron chi connectivity index (χ4n) is 2.70. The van der Waals surface area contributed by atoms with E-state index < -0.39 is 10.4 Å². The Labute approximate surface area is 138 Å². The Balaban J connectivity index is 3.19. The summed E-state index contributed by atoms with van der Waals surface area (Å²) >= 11 is 0. The highest BCUT2D eigenvalue weighted by atomic mass is 32.3. The second-order valence-electron chi connectivity index (χ2n) is 6.45. The number of hydrogen-bond acceptors (Lipinski definition) is 4. The molecule has 0 radical (unpaired) electrons. The van der Waals surface area contributed by atoms with Crippen LogP contribution >= 0.6 is 0 Å². The molecule has 1 atom stereocenters. The van der Waals surface area contributed by atoms with Crippen LogP contribution in [-0.2, 0) is 14.6 Å². The van der Waals surface area contributed by atoms with Crippen molar-refractivity contribution >= 4 is 10.4 Å². The molecular weight excluding hydrogens is 300 g/mol. The first-order chi connectivity index (χ1) is 10.5. The van der Waals surface area contributed by atoms with E-state index in [-0.39, 0.29) is 6.61 Å². The first-order valence-corrected chi connectivity index (χ1v) is 10.4. The van der Waals surface area contributed by atoms with Gasteiger partial charge in [0.05, 0.1) is 6.61 Å². The lowest BCUT2D eigenvalue weighted by molar-refractivity contribution is 0.255. The lowest BCUT2D eigenvalue weighted by Gasteiger charge is -2.10. The molecule has 0 fully saturated rings. The van der Waals surface area contributed by atoms with Crippen LogP contribution < -0.4 is 0 Å².